The SMILES string of the molecule is Cc1cccc(COc2cc(F)ccc2[C@H](C)O)n1. The van der Waals surface area contributed by atoms with Crippen LogP contribution in [0.25, 0.3) is 0 Å². The van der Waals surface area contributed by atoms with Crippen LogP contribution in [0.3, 0.4) is 0 Å². The molecule has 1 heterocycles. The van der Waals surface area contributed by atoms with Crippen LogP contribution >= 0.6 is 0 Å². The van der Waals surface area contributed by atoms with Crippen LogP contribution in [0.15, 0.2) is 36.4 Å². The first-order valence-electron chi connectivity index (χ1n) is 6.09. The maximum Gasteiger partial charge on any atom is 0.130 e. The molecule has 0 fully saturated rings. The fourth-order valence-corrected chi connectivity index (χ4v) is 1.81. The first kappa shape index (κ1) is 13.5. The number of aliphatic hydroxyl groups is 1. The number of aryl methyl sites for hydroxylation is 1. The van der Waals surface area contributed by atoms with Crippen molar-refractivity contribution in [1.29, 1.82) is 0 Å². The smallest absolute Gasteiger partial charge is 0.130 e. The molecule has 0 unspecified atom stereocenters. The van der Waals surface area contributed by atoms with Gasteiger partial charge in [0, 0.05) is 17.3 Å². The third-order valence-electron chi connectivity index (χ3n) is 2.75. The average Bonchev–Trinajstić information content (AvgIpc) is 2.36. The highest BCUT2D eigenvalue weighted by molar-refractivity contribution is 5.35. The maximum absolute atomic E-state index is 13.2. The zero-order valence-electron chi connectivity index (χ0n) is 10.9. The molecule has 0 saturated heterocycles. The minimum absolute atomic E-state index is 0.241. The zero-order valence-corrected chi connectivity index (χ0v) is 10.9. The Labute approximate surface area is 111 Å². The van der Waals surface area contributed by atoms with Gasteiger partial charge in [-0.1, -0.05) is 6.07 Å². The first-order chi connectivity index (χ1) is 9.06. The summed E-state index contributed by atoms with van der Waals surface area (Å²) in [5.41, 5.74) is 2.23. The Morgan fingerprint density at radius 1 is 1.32 bits per heavy atom. The second-order valence-electron chi connectivity index (χ2n) is 4.42. The zero-order chi connectivity index (χ0) is 13.8. The van der Waals surface area contributed by atoms with E-state index in [4.69, 9.17) is 4.74 Å². The lowest BCUT2D eigenvalue weighted by Crippen LogP contribution is -2.03. The summed E-state index contributed by atoms with van der Waals surface area (Å²) in [6.07, 6.45) is -0.707. The summed E-state index contributed by atoms with van der Waals surface area (Å²) in [6, 6.07) is 9.74. The molecule has 2 rings (SSSR count). The van der Waals surface area contributed by atoms with Crippen LogP contribution in [0.4, 0.5) is 4.39 Å². The predicted octanol–water partition coefficient (Wildman–Crippen LogP) is 3.16. The van der Waals surface area contributed by atoms with E-state index in [1.807, 2.05) is 25.1 Å². The topological polar surface area (TPSA) is 42.4 Å². The Kier molecular flexibility index (Phi) is 4.12. The summed E-state index contributed by atoms with van der Waals surface area (Å²) >= 11 is 0. The molecule has 1 aromatic carbocycles. The standard InChI is InChI=1S/C15H16FNO2/c1-10-4-3-5-13(17-10)9-19-15-8-12(16)6-7-14(15)11(2)18/h3-8,11,18H,9H2,1-2H3/t11-/m0/s1. The molecule has 0 amide bonds. The summed E-state index contributed by atoms with van der Waals surface area (Å²) < 4.78 is 18.8. The van der Waals surface area contributed by atoms with Gasteiger partial charge in [0.05, 0.1) is 11.8 Å². The number of pyridine rings is 1. The molecule has 0 bridgehead atoms. The third kappa shape index (κ3) is 3.51. The Hall–Kier alpha value is -1.94. The van der Waals surface area contributed by atoms with Gasteiger partial charge in [0.2, 0.25) is 0 Å². The van der Waals surface area contributed by atoms with Gasteiger partial charge in [0.15, 0.2) is 0 Å². The minimum atomic E-state index is -0.707. The molecule has 3 nitrogen and oxygen atoms in total. The highest BCUT2D eigenvalue weighted by atomic mass is 19.1. The number of hydrogen-bond acceptors (Lipinski definition) is 3. The van der Waals surface area contributed by atoms with Gasteiger partial charge < -0.3 is 9.84 Å². The number of aromatic nitrogens is 1. The lowest BCUT2D eigenvalue weighted by Gasteiger charge is -2.13. The molecular formula is C15H16FNO2. The molecule has 2 aromatic rings. The van der Waals surface area contributed by atoms with Crippen molar-refractivity contribution in [3.63, 3.8) is 0 Å². The van der Waals surface area contributed by atoms with E-state index in [-0.39, 0.29) is 6.61 Å². The number of rotatable bonds is 4. The Bertz CT molecular complexity index is 570. The normalized spacial score (nSPS) is 12.2. The van der Waals surface area contributed by atoms with Crippen LogP contribution in [0.1, 0.15) is 30.0 Å². The largest absolute Gasteiger partial charge is 0.487 e. The molecule has 1 atom stereocenters. The lowest BCUT2D eigenvalue weighted by atomic mass is 10.1. The van der Waals surface area contributed by atoms with Gasteiger partial charge in [-0.15, -0.1) is 0 Å². The van der Waals surface area contributed by atoms with Crippen molar-refractivity contribution in [2.75, 3.05) is 0 Å². The van der Waals surface area contributed by atoms with E-state index < -0.39 is 11.9 Å². The summed E-state index contributed by atoms with van der Waals surface area (Å²) in [7, 11) is 0. The fraction of sp³-hybridized carbons (Fsp3) is 0.267. The van der Waals surface area contributed by atoms with Crippen LogP contribution < -0.4 is 4.74 Å². The number of halogens is 1. The summed E-state index contributed by atoms with van der Waals surface area (Å²) in [5.74, 6) is -0.0464. The van der Waals surface area contributed by atoms with E-state index in [0.717, 1.165) is 11.4 Å². The second kappa shape index (κ2) is 5.80. The van der Waals surface area contributed by atoms with E-state index in [2.05, 4.69) is 4.98 Å². The van der Waals surface area contributed by atoms with Crippen molar-refractivity contribution in [1.82, 2.24) is 4.98 Å². The summed E-state index contributed by atoms with van der Waals surface area (Å²) in [4.78, 5) is 4.30. The van der Waals surface area contributed by atoms with E-state index in [9.17, 15) is 9.50 Å². The molecule has 1 N–H and O–H groups in total. The van der Waals surface area contributed by atoms with Gasteiger partial charge in [0.25, 0.3) is 0 Å². The molecule has 4 heteroatoms. The van der Waals surface area contributed by atoms with Crippen LogP contribution in [0.2, 0.25) is 0 Å². The number of hydrogen-bond donors (Lipinski definition) is 1. The van der Waals surface area contributed by atoms with Crippen molar-refractivity contribution < 1.29 is 14.2 Å². The maximum atomic E-state index is 13.2. The molecule has 1 aromatic heterocycles. The van der Waals surface area contributed by atoms with E-state index >= 15 is 0 Å². The van der Waals surface area contributed by atoms with E-state index in [0.29, 0.717) is 11.3 Å². The van der Waals surface area contributed by atoms with Crippen molar-refractivity contribution in [2.45, 2.75) is 26.6 Å². The molecule has 0 spiro atoms. The van der Waals surface area contributed by atoms with Crippen molar-refractivity contribution >= 4 is 0 Å². The molecular weight excluding hydrogens is 245 g/mol. The van der Waals surface area contributed by atoms with Crippen molar-refractivity contribution in [3.05, 3.63) is 59.2 Å². The van der Waals surface area contributed by atoms with Crippen LogP contribution in [0.5, 0.6) is 5.75 Å². The van der Waals surface area contributed by atoms with Gasteiger partial charge in [0.1, 0.15) is 18.2 Å². The first-order valence-corrected chi connectivity index (χ1v) is 6.09. The molecule has 0 aliphatic rings. The monoisotopic (exact) mass is 261 g/mol. The van der Waals surface area contributed by atoms with Crippen LogP contribution in [-0.2, 0) is 6.61 Å². The molecule has 0 radical (unpaired) electrons. The van der Waals surface area contributed by atoms with Crippen molar-refractivity contribution in [3.8, 4) is 5.75 Å². The highest BCUT2D eigenvalue weighted by Crippen LogP contribution is 2.26. The molecule has 19 heavy (non-hydrogen) atoms. The van der Waals surface area contributed by atoms with E-state index in [1.165, 1.54) is 18.2 Å². The van der Waals surface area contributed by atoms with E-state index in [1.54, 1.807) is 6.92 Å². The third-order valence-corrected chi connectivity index (χ3v) is 2.75. The quantitative estimate of drug-likeness (QED) is 0.919. The Morgan fingerprint density at radius 2 is 2.11 bits per heavy atom. The second-order valence-corrected chi connectivity index (χ2v) is 4.42. The number of benzene rings is 1. The number of aliphatic hydroxyl groups excluding tert-OH is 1. The van der Waals surface area contributed by atoms with Crippen molar-refractivity contribution in [2.24, 2.45) is 0 Å². The van der Waals surface area contributed by atoms with Gasteiger partial charge in [-0.05, 0) is 38.1 Å². The molecule has 0 aliphatic carbocycles. The summed E-state index contributed by atoms with van der Waals surface area (Å²) in [5, 5.41) is 9.62. The lowest BCUT2D eigenvalue weighted by molar-refractivity contribution is 0.189. The van der Waals surface area contributed by atoms with Crippen LogP contribution in [-0.4, -0.2) is 10.1 Å². The number of ether oxygens (including phenoxy) is 1. The fourth-order valence-electron chi connectivity index (χ4n) is 1.81. The number of nitrogens with zero attached hydrogens (tertiary/aromatic N) is 1. The van der Waals surface area contributed by atoms with Gasteiger partial charge in [-0.25, -0.2) is 4.39 Å². The van der Waals surface area contributed by atoms with Gasteiger partial charge in [-0.2, -0.15) is 0 Å². The van der Waals surface area contributed by atoms with Gasteiger partial charge >= 0.3 is 0 Å². The van der Waals surface area contributed by atoms with Crippen LogP contribution in [0, 0.1) is 12.7 Å². The highest BCUT2D eigenvalue weighted by Gasteiger charge is 2.10. The average molecular weight is 261 g/mol. The Morgan fingerprint density at radius 3 is 2.79 bits per heavy atom. The predicted molar refractivity (Wildman–Crippen MR) is 70.3 cm³/mol. The summed E-state index contributed by atoms with van der Waals surface area (Å²) in [6.45, 7) is 3.75. The van der Waals surface area contributed by atoms with Gasteiger partial charge in [-0.3, -0.25) is 4.98 Å². The molecule has 0 aliphatic heterocycles. The Balaban J connectivity index is 2.17. The molecule has 0 saturated carbocycles. The minimum Gasteiger partial charge on any atom is -0.487 e. The molecule has 100 valence electrons.